The summed E-state index contributed by atoms with van der Waals surface area (Å²) >= 11 is 12.1. The van der Waals surface area contributed by atoms with Gasteiger partial charge < -0.3 is 29.0 Å². The number of carboxylic acid groups (broad SMARTS) is 1. The van der Waals surface area contributed by atoms with Gasteiger partial charge in [-0.05, 0) is 67.4 Å². The second-order valence-electron chi connectivity index (χ2n) is 8.98. The third-order valence-corrected chi connectivity index (χ3v) is 6.24. The lowest BCUT2D eigenvalue weighted by Crippen LogP contribution is -2.39. The maximum Gasteiger partial charge on any atom is 0.415 e. The first kappa shape index (κ1) is 31.2. The van der Waals surface area contributed by atoms with Gasteiger partial charge >= 0.3 is 12.1 Å². The van der Waals surface area contributed by atoms with Crippen molar-refractivity contribution in [2.75, 3.05) is 32.9 Å². The van der Waals surface area contributed by atoms with E-state index in [1.807, 2.05) is 19.1 Å². The Hall–Kier alpha value is -3.30. The first-order chi connectivity index (χ1) is 19.2. The first-order valence-electron chi connectivity index (χ1n) is 12.9. The summed E-state index contributed by atoms with van der Waals surface area (Å²) in [5.41, 5.74) is 2.70. The lowest BCUT2D eigenvalue weighted by atomic mass is 10.1. The summed E-state index contributed by atoms with van der Waals surface area (Å²) < 4.78 is 22.4. The molecule has 0 aliphatic rings. The van der Waals surface area contributed by atoms with Crippen LogP contribution >= 0.6 is 23.2 Å². The highest BCUT2D eigenvalue weighted by Crippen LogP contribution is 2.20. The topological polar surface area (TPSA) is 94.5 Å². The van der Waals surface area contributed by atoms with Crippen molar-refractivity contribution < 1.29 is 33.6 Å². The molecule has 3 rings (SSSR count). The molecule has 0 aliphatic heterocycles. The molecule has 1 amide bonds. The molecule has 0 saturated carbocycles. The van der Waals surface area contributed by atoms with E-state index in [0.29, 0.717) is 28.2 Å². The first-order valence-corrected chi connectivity index (χ1v) is 13.6. The predicted molar refractivity (Wildman–Crippen MR) is 154 cm³/mol. The molecule has 0 heterocycles. The minimum atomic E-state index is -1.000. The number of hydrogen-bond acceptors (Lipinski definition) is 6. The maximum absolute atomic E-state index is 12.9. The van der Waals surface area contributed by atoms with Crippen LogP contribution in [0.3, 0.4) is 0 Å². The van der Waals surface area contributed by atoms with E-state index in [4.69, 9.17) is 42.1 Å². The summed E-state index contributed by atoms with van der Waals surface area (Å²) in [6, 6.07) is 19.5. The summed E-state index contributed by atoms with van der Waals surface area (Å²) in [6.45, 7) is 5.32. The number of carbonyl (C=O) groups excluding carboxylic acids is 1. The standard InChI is InChI=1S/C30H33Cl2NO7/c1-3-38-28(29(34)35)18-22-6-10-26(11-7-22)39-15-13-33(30(36)40-27-8-4-21(2)5-9-27)12-14-37-20-23-16-24(31)19-25(32)17-23/h4-11,16-17,19,28H,3,12-15,18,20H2,1-2H3,(H,34,35). The van der Waals surface area contributed by atoms with Crippen molar-refractivity contribution in [1.82, 2.24) is 4.90 Å². The third-order valence-electron chi connectivity index (χ3n) is 5.80. The van der Waals surface area contributed by atoms with Gasteiger partial charge in [0.25, 0.3) is 0 Å². The highest BCUT2D eigenvalue weighted by Gasteiger charge is 2.18. The minimum absolute atomic E-state index is 0.211. The van der Waals surface area contributed by atoms with E-state index in [0.717, 1.165) is 16.7 Å². The smallest absolute Gasteiger partial charge is 0.415 e. The van der Waals surface area contributed by atoms with Crippen molar-refractivity contribution in [3.05, 3.63) is 93.5 Å². The Labute approximate surface area is 244 Å². The van der Waals surface area contributed by atoms with Crippen LogP contribution in [-0.2, 0) is 27.3 Å². The van der Waals surface area contributed by atoms with Gasteiger partial charge in [0.1, 0.15) is 18.1 Å². The largest absolute Gasteiger partial charge is 0.492 e. The molecule has 0 bridgehead atoms. The van der Waals surface area contributed by atoms with Crippen LogP contribution in [0.15, 0.2) is 66.7 Å². The Morgan fingerprint density at radius 2 is 1.50 bits per heavy atom. The number of aliphatic carboxylic acids is 1. The molecule has 1 N–H and O–H groups in total. The van der Waals surface area contributed by atoms with Crippen LogP contribution in [0.4, 0.5) is 4.79 Å². The van der Waals surface area contributed by atoms with Crippen LogP contribution < -0.4 is 9.47 Å². The molecule has 3 aromatic carbocycles. The zero-order valence-corrected chi connectivity index (χ0v) is 24.0. The lowest BCUT2D eigenvalue weighted by Gasteiger charge is -2.22. The van der Waals surface area contributed by atoms with Gasteiger partial charge in [-0.25, -0.2) is 9.59 Å². The molecule has 0 saturated heterocycles. The van der Waals surface area contributed by atoms with Crippen LogP contribution in [0.2, 0.25) is 10.0 Å². The monoisotopic (exact) mass is 589 g/mol. The third kappa shape index (κ3) is 10.7. The van der Waals surface area contributed by atoms with Crippen LogP contribution in [0, 0.1) is 6.92 Å². The normalized spacial score (nSPS) is 11.6. The van der Waals surface area contributed by atoms with Crippen molar-refractivity contribution in [3.8, 4) is 11.5 Å². The summed E-state index contributed by atoms with van der Waals surface area (Å²) in [6.07, 6.45) is -1.17. The summed E-state index contributed by atoms with van der Waals surface area (Å²) in [5, 5.41) is 10.3. The summed E-state index contributed by atoms with van der Waals surface area (Å²) in [5.74, 6) is 0.0337. The van der Waals surface area contributed by atoms with Gasteiger partial charge in [-0.3, -0.25) is 0 Å². The zero-order valence-electron chi connectivity index (χ0n) is 22.5. The molecule has 1 atom stereocenters. The fourth-order valence-corrected chi connectivity index (χ4v) is 4.32. The molecule has 0 fully saturated rings. The van der Waals surface area contributed by atoms with Crippen molar-refractivity contribution in [2.45, 2.75) is 33.0 Å². The Balaban J connectivity index is 1.55. The number of halogens is 2. The summed E-state index contributed by atoms with van der Waals surface area (Å²) in [7, 11) is 0. The molecule has 3 aromatic rings. The van der Waals surface area contributed by atoms with E-state index in [2.05, 4.69) is 0 Å². The molecule has 1 unspecified atom stereocenters. The maximum atomic E-state index is 12.9. The average Bonchev–Trinajstić information content (AvgIpc) is 2.91. The van der Waals surface area contributed by atoms with Crippen LogP contribution in [-0.4, -0.2) is 61.1 Å². The number of carbonyl (C=O) groups is 2. The van der Waals surface area contributed by atoms with Gasteiger partial charge in [-0.1, -0.05) is 53.0 Å². The average molecular weight is 591 g/mol. The molecule has 8 nitrogen and oxygen atoms in total. The number of benzene rings is 3. The van der Waals surface area contributed by atoms with Crippen molar-refractivity contribution in [3.63, 3.8) is 0 Å². The molecular weight excluding hydrogens is 557 g/mol. The van der Waals surface area contributed by atoms with Gasteiger partial charge in [0.2, 0.25) is 0 Å². The Kier molecular flexibility index (Phi) is 12.6. The van der Waals surface area contributed by atoms with Crippen LogP contribution in [0.1, 0.15) is 23.6 Å². The Bertz CT molecular complexity index is 1220. The molecular formula is C30H33Cl2NO7. The summed E-state index contributed by atoms with van der Waals surface area (Å²) in [4.78, 5) is 25.8. The van der Waals surface area contributed by atoms with Gasteiger partial charge in [-0.15, -0.1) is 0 Å². The van der Waals surface area contributed by atoms with Gasteiger partial charge in [-0.2, -0.15) is 0 Å². The molecule has 10 heteroatoms. The van der Waals surface area contributed by atoms with Crippen molar-refractivity contribution >= 4 is 35.3 Å². The second kappa shape index (κ2) is 16.1. The fourth-order valence-electron chi connectivity index (χ4n) is 3.75. The van der Waals surface area contributed by atoms with E-state index in [1.54, 1.807) is 61.5 Å². The van der Waals surface area contributed by atoms with Crippen LogP contribution in [0.25, 0.3) is 0 Å². The minimum Gasteiger partial charge on any atom is -0.492 e. The SMILES string of the molecule is CCOC(Cc1ccc(OCCN(CCOCc2cc(Cl)cc(Cl)c2)C(=O)Oc2ccc(C)cc2)cc1)C(=O)O. The number of ether oxygens (including phenoxy) is 4. The number of rotatable bonds is 15. The number of aryl methyl sites for hydroxylation is 1. The zero-order chi connectivity index (χ0) is 28.9. The highest BCUT2D eigenvalue weighted by atomic mass is 35.5. The number of carboxylic acids is 1. The molecule has 40 heavy (non-hydrogen) atoms. The van der Waals surface area contributed by atoms with Crippen molar-refractivity contribution in [2.24, 2.45) is 0 Å². The molecule has 214 valence electrons. The predicted octanol–water partition coefficient (Wildman–Crippen LogP) is 6.43. The Morgan fingerprint density at radius 3 is 2.12 bits per heavy atom. The van der Waals surface area contributed by atoms with E-state index >= 15 is 0 Å². The quantitative estimate of drug-likeness (QED) is 0.204. The Morgan fingerprint density at radius 1 is 0.875 bits per heavy atom. The van der Waals surface area contributed by atoms with Gasteiger partial charge in [0.15, 0.2) is 6.10 Å². The second-order valence-corrected chi connectivity index (χ2v) is 9.85. The van der Waals surface area contributed by atoms with E-state index in [1.165, 1.54) is 4.90 Å². The van der Waals surface area contributed by atoms with Gasteiger partial charge in [0, 0.05) is 29.6 Å². The van der Waals surface area contributed by atoms with Crippen LogP contribution in [0.5, 0.6) is 11.5 Å². The highest BCUT2D eigenvalue weighted by molar-refractivity contribution is 6.34. The fraction of sp³-hybridized carbons (Fsp3) is 0.333. The number of amides is 1. The molecule has 0 spiro atoms. The van der Waals surface area contributed by atoms with Gasteiger partial charge in [0.05, 0.1) is 19.8 Å². The molecule has 0 aromatic heterocycles. The van der Waals surface area contributed by atoms with E-state index < -0.39 is 18.2 Å². The lowest BCUT2D eigenvalue weighted by molar-refractivity contribution is -0.149. The van der Waals surface area contributed by atoms with E-state index in [9.17, 15) is 14.7 Å². The number of nitrogens with zero attached hydrogens (tertiary/aromatic N) is 1. The van der Waals surface area contributed by atoms with Crippen molar-refractivity contribution in [1.29, 1.82) is 0 Å². The number of hydrogen-bond donors (Lipinski definition) is 1. The molecule has 0 aliphatic carbocycles. The molecule has 0 radical (unpaired) electrons. The van der Waals surface area contributed by atoms with E-state index in [-0.39, 0.29) is 39.3 Å².